The molecule has 1 unspecified atom stereocenters. The van der Waals surface area contributed by atoms with Crippen molar-refractivity contribution in [1.29, 1.82) is 0 Å². The maximum atomic E-state index is 13.1. The summed E-state index contributed by atoms with van der Waals surface area (Å²) in [4.78, 5) is 26.3. The van der Waals surface area contributed by atoms with Crippen molar-refractivity contribution in [3.05, 3.63) is 54.7 Å². The van der Waals surface area contributed by atoms with Gasteiger partial charge in [-0.1, -0.05) is 13.8 Å². The third kappa shape index (κ3) is 3.30. The summed E-state index contributed by atoms with van der Waals surface area (Å²) in [6, 6.07) is 8.09. The van der Waals surface area contributed by atoms with Crippen LogP contribution >= 0.6 is 0 Å². The highest BCUT2D eigenvalue weighted by Gasteiger charge is 2.25. The standard InChI is InChI=1S/C19H22N4O/c1-13(2)10-14(3)23(19(24)18-12-20-8-9-22-18)16-4-5-17-15(11-16)6-7-21-17/h4-9,11-14,21H,10H2,1-3H3. The van der Waals surface area contributed by atoms with Gasteiger partial charge in [-0.3, -0.25) is 9.78 Å². The fourth-order valence-corrected chi connectivity index (χ4v) is 3.08. The highest BCUT2D eigenvalue weighted by molar-refractivity contribution is 6.05. The molecule has 0 spiro atoms. The number of carbonyl (C=O) groups is 1. The Morgan fingerprint density at radius 1 is 1.21 bits per heavy atom. The first-order chi connectivity index (χ1) is 11.6. The summed E-state index contributed by atoms with van der Waals surface area (Å²) in [5.74, 6) is 0.374. The number of hydrogen-bond acceptors (Lipinski definition) is 3. The van der Waals surface area contributed by atoms with E-state index in [1.54, 1.807) is 12.4 Å². The minimum absolute atomic E-state index is 0.0656. The van der Waals surface area contributed by atoms with E-state index in [0.29, 0.717) is 11.6 Å². The van der Waals surface area contributed by atoms with Gasteiger partial charge in [0.15, 0.2) is 0 Å². The molecule has 24 heavy (non-hydrogen) atoms. The maximum Gasteiger partial charge on any atom is 0.278 e. The van der Waals surface area contributed by atoms with E-state index in [4.69, 9.17) is 0 Å². The Morgan fingerprint density at radius 2 is 2.04 bits per heavy atom. The molecule has 1 aromatic carbocycles. The van der Waals surface area contributed by atoms with Crippen molar-refractivity contribution in [1.82, 2.24) is 15.0 Å². The average molecular weight is 322 g/mol. The largest absolute Gasteiger partial charge is 0.361 e. The van der Waals surface area contributed by atoms with Gasteiger partial charge >= 0.3 is 0 Å². The molecule has 2 heterocycles. The summed E-state index contributed by atoms with van der Waals surface area (Å²) in [6.45, 7) is 6.41. The molecule has 0 aliphatic rings. The van der Waals surface area contributed by atoms with Crippen molar-refractivity contribution < 1.29 is 4.79 Å². The maximum absolute atomic E-state index is 13.1. The Balaban J connectivity index is 2.02. The molecule has 0 bridgehead atoms. The van der Waals surface area contributed by atoms with Gasteiger partial charge in [0.2, 0.25) is 0 Å². The SMILES string of the molecule is CC(C)CC(C)N(C(=O)c1cnccn1)c1ccc2[nH]ccc2c1. The summed E-state index contributed by atoms with van der Waals surface area (Å²) >= 11 is 0. The molecule has 1 amide bonds. The molecule has 1 N–H and O–H groups in total. The zero-order chi connectivity index (χ0) is 17.1. The predicted octanol–water partition coefficient (Wildman–Crippen LogP) is 4.04. The number of fused-ring (bicyclic) bond motifs is 1. The van der Waals surface area contributed by atoms with Crippen LogP contribution in [0.4, 0.5) is 5.69 Å². The Morgan fingerprint density at radius 3 is 2.75 bits per heavy atom. The second kappa shape index (κ2) is 6.83. The number of amides is 1. The van der Waals surface area contributed by atoms with Crippen LogP contribution in [0.5, 0.6) is 0 Å². The highest BCUT2D eigenvalue weighted by Crippen LogP contribution is 2.26. The lowest BCUT2D eigenvalue weighted by Gasteiger charge is -2.30. The van der Waals surface area contributed by atoms with Gasteiger partial charge in [-0.25, -0.2) is 4.98 Å². The quantitative estimate of drug-likeness (QED) is 0.771. The fraction of sp³-hybridized carbons (Fsp3) is 0.316. The van der Waals surface area contributed by atoms with E-state index in [9.17, 15) is 4.79 Å². The lowest BCUT2D eigenvalue weighted by atomic mass is 10.0. The molecular formula is C19H22N4O. The average Bonchev–Trinajstić information content (AvgIpc) is 3.03. The van der Waals surface area contributed by atoms with Gasteiger partial charge in [0, 0.05) is 41.2 Å². The zero-order valence-electron chi connectivity index (χ0n) is 14.2. The van der Waals surface area contributed by atoms with Crippen LogP contribution in [-0.4, -0.2) is 26.9 Å². The monoisotopic (exact) mass is 322 g/mol. The van der Waals surface area contributed by atoms with Gasteiger partial charge in [0.05, 0.1) is 6.20 Å². The number of aromatic amines is 1. The molecule has 2 aromatic heterocycles. The van der Waals surface area contributed by atoms with Gasteiger partial charge in [-0.15, -0.1) is 0 Å². The molecule has 1 atom stereocenters. The van der Waals surface area contributed by atoms with Crippen molar-refractivity contribution in [2.45, 2.75) is 33.2 Å². The Labute approximate surface area is 141 Å². The van der Waals surface area contributed by atoms with E-state index in [2.05, 4.69) is 35.7 Å². The summed E-state index contributed by atoms with van der Waals surface area (Å²) < 4.78 is 0. The first kappa shape index (κ1) is 16.2. The second-order valence-electron chi connectivity index (χ2n) is 6.49. The molecule has 3 rings (SSSR count). The molecule has 0 aliphatic heterocycles. The first-order valence-electron chi connectivity index (χ1n) is 8.23. The number of aromatic nitrogens is 3. The van der Waals surface area contributed by atoms with E-state index < -0.39 is 0 Å². The van der Waals surface area contributed by atoms with E-state index in [-0.39, 0.29) is 11.9 Å². The molecular weight excluding hydrogens is 300 g/mol. The number of nitrogens with one attached hydrogen (secondary N) is 1. The summed E-state index contributed by atoms with van der Waals surface area (Å²) in [5, 5.41) is 1.08. The third-order valence-electron chi connectivity index (χ3n) is 4.07. The molecule has 0 aliphatic carbocycles. The van der Waals surface area contributed by atoms with Crippen molar-refractivity contribution in [2.75, 3.05) is 4.90 Å². The van der Waals surface area contributed by atoms with Gasteiger partial charge in [0.25, 0.3) is 5.91 Å². The van der Waals surface area contributed by atoms with Crippen molar-refractivity contribution in [3.8, 4) is 0 Å². The number of hydrogen-bond donors (Lipinski definition) is 1. The summed E-state index contributed by atoms with van der Waals surface area (Å²) in [6.07, 6.45) is 7.46. The van der Waals surface area contributed by atoms with Gasteiger partial charge < -0.3 is 9.88 Å². The topological polar surface area (TPSA) is 61.9 Å². The molecule has 0 saturated heterocycles. The Kier molecular flexibility index (Phi) is 4.60. The minimum atomic E-state index is -0.119. The van der Waals surface area contributed by atoms with Crippen LogP contribution in [0.25, 0.3) is 10.9 Å². The van der Waals surface area contributed by atoms with E-state index in [1.807, 2.05) is 35.4 Å². The smallest absolute Gasteiger partial charge is 0.278 e. The van der Waals surface area contributed by atoms with Crippen LogP contribution < -0.4 is 4.90 Å². The molecule has 5 nitrogen and oxygen atoms in total. The third-order valence-corrected chi connectivity index (χ3v) is 4.07. The zero-order valence-corrected chi connectivity index (χ0v) is 14.2. The number of nitrogens with zero attached hydrogens (tertiary/aromatic N) is 3. The van der Waals surface area contributed by atoms with Crippen LogP contribution in [0.3, 0.4) is 0 Å². The first-order valence-corrected chi connectivity index (χ1v) is 8.23. The van der Waals surface area contributed by atoms with Crippen LogP contribution in [0, 0.1) is 5.92 Å². The number of H-pyrrole nitrogens is 1. The Hall–Kier alpha value is -2.69. The lowest BCUT2D eigenvalue weighted by molar-refractivity contribution is 0.0970. The molecule has 0 radical (unpaired) electrons. The van der Waals surface area contributed by atoms with Crippen molar-refractivity contribution in [2.24, 2.45) is 5.92 Å². The summed E-state index contributed by atoms with van der Waals surface area (Å²) in [5.41, 5.74) is 2.30. The normalized spacial score (nSPS) is 12.5. The molecule has 0 fully saturated rings. The van der Waals surface area contributed by atoms with Crippen LogP contribution in [0.15, 0.2) is 49.1 Å². The molecule has 3 aromatic rings. The number of rotatable bonds is 5. The van der Waals surface area contributed by atoms with E-state index >= 15 is 0 Å². The van der Waals surface area contributed by atoms with Crippen LogP contribution in [0.1, 0.15) is 37.7 Å². The van der Waals surface area contributed by atoms with Crippen molar-refractivity contribution in [3.63, 3.8) is 0 Å². The number of carbonyl (C=O) groups excluding carboxylic acids is 1. The second-order valence-corrected chi connectivity index (χ2v) is 6.49. The molecule has 5 heteroatoms. The number of anilines is 1. The molecule has 0 saturated carbocycles. The van der Waals surface area contributed by atoms with Gasteiger partial charge in [-0.05, 0) is 43.5 Å². The van der Waals surface area contributed by atoms with E-state index in [0.717, 1.165) is 23.0 Å². The predicted molar refractivity (Wildman–Crippen MR) is 96.1 cm³/mol. The number of benzene rings is 1. The lowest BCUT2D eigenvalue weighted by Crippen LogP contribution is -2.40. The van der Waals surface area contributed by atoms with Crippen LogP contribution in [-0.2, 0) is 0 Å². The van der Waals surface area contributed by atoms with Gasteiger partial charge in [0.1, 0.15) is 5.69 Å². The van der Waals surface area contributed by atoms with Crippen LogP contribution in [0.2, 0.25) is 0 Å². The molecule has 124 valence electrons. The summed E-state index contributed by atoms with van der Waals surface area (Å²) in [7, 11) is 0. The highest BCUT2D eigenvalue weighted by atomic mass is 16.2. The fourth-order valence-electron chi connectivity index (χ4n) is 3.08. The van der Waals surface area contributed by atoms with Crippen molar-refractivity contribution >= 4 is 22.5 Å². The van der Waals surface area contributed by atoms with E-state index in [1.165, 1.54) is 6.20 Å². The van der Waals surface area contributed by atoms with Gasteiger partial charge in [-0.2, -0.15) is 0 Å². The Bertz CT molecular complexity index is 826. The minimum Gasteiger partial charge on any atom is -0.361 e.